The molecule has 1 amide bonds. The van der Waals surface area contributed by atoms with Gasteiger partial charge < -0.3 is 15.8 Å². The number of nitrogens with two attached hydrogens (primary N) is 1. The monoisotopic (exact) mass is 262 g/mol. The van der Waals surface area contributed by atoms with Gasteiger partial charge in [0.15, 0.2) is 0 Å². The van der Waals surface area contributed by atoms with Gasteiger partial charge in [0.1, 0.15) is 0 Å². The predicted molar refractivity (Wildman–Crippen MR) is 74.7 cm³/mol. The van der Waals surface area contributed by atoms with Crippen molar-refractivity contribution in [3.8, 4) is 0 Å². The molecule has 1 aromatic rings. The van der Waals surface area contributed by atoms with Gasteiger partial charge in [0.25, 0.3) is 0 Å². The zero-order valence-corrected chi connectivity index (χ0v) is 11.3. The molecule has 2 rings (SSSR count). The molecular formula is C15H22N2O2. The molecule has 2 unspecified atom stereocenters. The summed E-state index contributed by atoms with van der Waals surface area (Å²) in [4.78, 5) is 12.1. The highest BCUT2D eigenvalue weighted by Gasteiger charge is 2.29. The van der Waals surface area contributed by atoms with Gasteiger partial charge in [0, 0.05) is 7.11 Å². The minimum atomic E-state index is -0.500. The largest absolute Gasteiger partial charge is 0.379 e. The number of ether oxygens (including phenoxy) is 1. The first kappa shape index (κ1) is 14.0. The molecule has 1 aliphatic carbocycles. The van der Waals surface area contributed by atoms with Gasteiger partial charge in [0.05, 0.1) is 18.2 Å². The molecule has 1 saturated carbocycles. The predicted octanol–water partition coefficient (Wildman–Crippen LogP) is 1.24. The van der Waals surface area contributed by atoms with E-state index < -0.39 is 6.04 Å². The van der Waals surface area contributed by atoms with Crippen LogP contribution in [-0.2, 0) is 16.0 Å². The Morgan fingerprint density at radius 1 is 1.42 bits per heavy atom. The Morgan fingerprint density at radius 3 is 2.84 bits per heavy atom. The summed E-state index contributed by atoms with van der Waals surface area (Å²) in [5, 5.41) is 3.01. The molecule has 0 aliphatic heterocycles. The van der Waals surface area contributed by atoms with Gasteiger partial charge in [-0.15, -0.1) is 0 Å². The molecule has 4 heteroatoms. The lowest BCUT2D eigenvalue weighted by atomic mass is 10.1. The third-order valence-electron chi connectivity index (χ3n) is 3.72. The van der Waals surface area contributed by atoms with E-state index in [2.05, 4.69) is 5.32 Å². The molecular weight excluding hydrogens is 240 g/mol. The third-order valence-corrected chi connectivity index (χ3v) is 3.72. The maximum absolute atomic E-state index is 12.1. The number of nitrogens with one attached hydrogen (secondary N) is 1. The Labute approximate surface area is 114 Å². The molecule has 0 radical (unpaired) electrons. The molecule has 0 aromatic heterocycles. The minimum Gasteiger partial charge on any atom is -0.379 e. The van der Waals surface area contributed by atoms with Gasteiger partial charge in [-0.2, -0.15) is 0 Å². The standard InChI is InChI=1S/C15H22N2O2/c1-19-14-9-5-8-13(14)17-15(18)12(16)10-11-6-3-2-4-7-11/h2-4,6-7,12-14H,5,8-10,16H2,1H3,(H,17,18)/t12-,13?,14?/m0/s1. The number of rotatable bonds is 5. The van der Waals surface area contributed by atoms with Gasteiger partial charge in [-0.3, -0.25) is 4.79 Å². The van der Waals surface area contributed by atoms with Gasteiger partial charge in [0.2, 0.25) is 5.91 Å². The lowest BCUT2D eigenvalue weighted by molar-refractivity contribution is -0.123. The van der Waals surface area contributed by atoms with Crippen LogP contribution in [0.4, 0.5) is 0 Å². The van der Waals surface area contributed by atoms with Gasteiger partial charge in [-0.05, 0) is 31.2 Å². The Kier molecular flexibility index (Phi) is 4.93. The van der Waals surface area contributed by atoms with E-state index in [-0.39, 0.29) is 18.1 Å². The fraction of sp³-hybridized carbons (Fsp3) is 0.533. The van der Waals surface area contributed by atoms with Crippen LogP contribution in [0.25, 0.3) is 0 Å². The molecule has 0 spiro atoms. The molecule has 104 valence electrons. The van der Waals surface area contributed by atoms with Crippen molar-refractivity contribution >= 4 is 5.91 Å². The summed E-state index contributed by atoms with van der Waals surface area (Å²) in [6.45, 7) is 0. The van der Waals surface area contributed by atoms with Crippen molar-refractivity contribution in [3.63, 3.8) is 0 Å². The van der Waals surface area contributed by atoms with Crippen LogP contribution >= 0.6 is 0 Å². The molecule has 1 fully saturated rings. The Bertz CT molecular complexity index is 408. The number of hydrogen-bond donors (Lipinski definition) is 2. The lowest BCUT2D eigenvalue weighted by Crippen LogP contribution is -2.49. The molecule has 1 aliphatic rings. The zero-order chi connectivity index (χ0) is 13.7. The van der Waals surface area contributed by atoms with Crippen LogP contribution in [0.2, 0.25) is 0 Å². The molecule has 3 N–H and O–H groups in total. The van der Waals surface area contributed by atoms with Crippen molar-refractivity contribution in [1.29, 1.82) is 0 Å². The first-order valence-electron chi connectivity index (χ1n) is 6.83. The number of amides is 1. The average Bonchev–Trinajstić information content (AvgIpc) is 2.87. The first-order valence-corrected chi connectivity index (χ1v) is 6.83. The molecule has 1 aromatic carbocycles. The molecule has 4 nitrogen and oxygen atoms in total. The van der Waals surface area contributed by atoms with E-state index in [1.54, 1.807) is 7.11 Å². The van der Waals surface area contributed by atoms with E-state index in [1.807, 2.05) is 30.3 Å². The third kappa shape index (κ3) is 3.78. The summed E-state index contributed by atoms with van der Waals surface area (Å²) < 4.78 is 5.37. The van der Waals surface area contributed by atoms with Crippen molar-refractivity contribution in [2.24, 2.45) is 5.73 Å². The molecule has 19 heavy (non-hydrogen) atoms. The van der Waals surface area contributed by atoms with E-state index in [0.717, 1.165) is 24.8 Å². The van der Waals surface area contributed by atoms with Crippen LogP contribution in [0.1, 0.15) is 24.8 Å². The normalized spacial score (nSPS) is 24.1. The lowest BCUT2D eigenvalue weighted by Gasteiger charge is -2.21. The van der Waals surface area contributed by atoms with Gasteiger partial charge >= 0.3 is 0 Å². The van der Waals surface area contributed by atoms with E-state index in [1.165, 1.54) is 0 Å². The number of carbonyl (C=O) groups is 1. The topological polar surface area (TPSA) is 64.3 Å². The second-order valence-corrected chi connectivity index (χ2v) is 5.12. The van der Waals surface area contributed by atoms with Crippen molar-refractivity contribution in [2.75, 3.05) is 7.11 Å². The highest BCUT2D eigenvalue weighted by molar-refractivity contribution is 5.82. The SMILES string of the molecule is COC1CCCC1NC(=O)[C@@H](N)Cc1ccccc1. The summed E-state index contributed by atoms with van der Waals surface area (Å²) in [6.07, 6.45) is 3.78. The minimum absolute atomic E-state index is 0.0854. The Hall–Kier alpha value is -1.39. The smallest absolute Gasteiger partial charge is 0.237 e. The van der Waals surface area contributed by atoms with Crippen molar-refractivity contribution in [2.45, 2.75) is 43.9 Å². The molecule has 0 saturated heterocycles. The second-order valence-electron chi connectivity index (χ2n) is 5.12. The van der Waals surface area contributed by atoms with E-state index in [0.29, 0.717) is 6.42 Å². The first-order chi connectivity index (χ1) is 9.20. The summed E-state index contributed by atoms with van der Waals surface area (Å²) in [5.74, 6) is -0.0854. The van der Waals surface area contributed by atoms with Gasteiger partial charge in [-0.1, -0.05) is 30.3 Å². The average molecular weight is 262 g/mol. The molecule has 0 heterocycles. The Morgan fingerprint density at radius 2 is 2.16 bits per heavy atom. The summed E-state index contributed by atoms with van der Waals surface area (Å²) in [6, 6.07) is 9.45. The van der Waals surface area contributed by atoms with Crippen LogP contribution in [0.5, 0.6) is 0 Å². The van der Waals surface area contributed by atoms with Crippen molar-refractivity contribution in [1.82, 2.24) is 5.32 Å². The maximum atomic E-state index is 12.1. The van der Waals surface area contributed by atoms with E-state index in [4.69, 9.17) is 10.5 Å². The fourth-order valence-electron chi connectivity index (χ4n) is 2.62. The number of hydrogen-bond acceptors (Lipinski definition) is 3. The highest BCUT2D eigenvalue weighted by Crippen LogP contribution is 2.21. The van der Waals surface area contributed by atoms with Crippen LogP contribution in [0.3, 0.4) is 0 Å². The van der Waals surface area contributed by atoms with Crippen LogP contribution in [0.15, 0.2) is 30.3 Å². The van der Waals surface area contributed by atoms with Gasteiger partial charge in [-0.25, -0.2) is 0 Å². The van der Waals surface area contributed by atoms with Crippen LogP contribution < -0.4 is 11.1 Å². The maximum Gasteiger partial charge on any atom is 0.237 e. The van der Waals surface area contributed by atoms with Crippen LogP contribution in [0, 0.1) is 0 Å². The molecule has 3 atom stereocenters. The zero-order valence-electron chi connectivity index (χ0n) is 11.3. The van der Waals surface area contributed by atoms with E-state index >= 15 is 0 Å². The number of benzene rings is 1. The fourth-order valence-corrected chi connectivity index (χ4v) is 2.62. The van der Waals surface area contributed by atoms with E-state index in [9.17, 15) is 4.79 Å². The summed E-state index contributed by atoms with van der Waals surface area (Å²) in [7, 11) is 1.69. The van der Waals surface area contributed by atoms with Crippen LogP contribution in [-0.4, -0.2) is 31.2 Å². The second kappa shape index (κ2) is 6.68. The Balaban J connectivity index is 1.85. The summed E-state index contributed by atoms with van der Waals surface area (Å²) in [5.41, 5.74) is 7.04. The highest BCUT2D eigenvalue weighted by atomic mass is 16.5. The number of methoxy groups -OCH3 is 1. The van der Waals surface area contributed by atoms with Crippen molar-refractivity contribution in [3.05, 3.63) is 35.9 Å². The summed E-state index contributed by atoms with van der Waals surface area (Å²) >= 11 is 0. The quantitative estimate of drug-likeness (QED) is 0.839. The number of carbonyl (C=O) groups excluding carboxylic acids is 1. The molecule has 0 bridgehead atoms. The van der Waals surface area contributed by atoms with Crippen molar-refractivity contribution < 1.29 is 9.53 Å².